The molecule has 0 saturated carbocycles. The number of nitrogens with zero attached hydrogens (tertiary/aromatic N) is 1. The molecule has 0 aromatic carbocycles. The molecule has 0 aliphatic carbocycles. The molecule has 14 heavy (non-hydrogen) atoms. The van der Waals surface area contributed by atoms with Crippen LogP contribution < -0.4 is 0 Å². The molecule has 0 aromatic heterocycles. The first kappa shape index (κ1) is 12.0. The smallest absolute Gasteiger partial charge is 0.0125 e. The summed E-state index contributed by atoms with van der Waals surface area (Å²) in [5.41, 5.74) is 1.01. The third-order valence-corrected chi connectivity index (χ3v) is 3.48. The van der Waals surface area contributed by atoms with E-state index in [-0.39, 0.29) is 0 Å². The molecule has 1 heteroatoms. The molecule has 0 radical (unpaired) electrons. The highest BCUT2D eigenvalue weighted by Crippen LogP contribution is 2.38. The van der Waals surface area contributed by atoms with Gasteiger partial charge in [-0.25, -0.2) is 0 Å². The van der Waals surface area contributed by atoms with Crippen LogP contribution in [0, 0.1) is 5.41 Å². The lowest BCUT2D eigenvalue weighted by atomic mass is 9.75. The van der Waals surface area contributed by atoms with Gasteiger partial charge in [-0.15, -0.1) is 0 Å². The lowest BCUT2D eigenvalue weighted by Gasteiger charge is -2.54. The number of rotatable bonds is 4. The number of hydrogen-bond donors (Lipinski definition) is 0. The van der Waals surface area contributed by atoms with E-state index in [1.807, 2.05) is 0 Å². The second-order valence-corrected chi connectivity index (χ2v) is 6.29. The van der Waals surface area contributed by atoms with Crippen LogP contribution in [0.1, 0.15) is 60.3 Å². The van der Waals surface area contributed by atoms with Gasteiger partial charge in [0.05, 0.1) is 0 Å². The largest absolute Gasteiger partial charge is 0.297 e. The van der Waals surface area contributed by atoms with Gasteiger partial charge in [0.1, 0.15) is 0 Å². The third kappa shape index (κ3) is 2.98. The Morgan fingerprint density at radius 1 is 1.14 bits per heavy atom. The van der Waals surface area contributed by atoms with Crippen LogP contribution in [0.25, 0.3) is 0 Å². The minimum absolute atomic E-state index is 0.379. The predicted molar refractivity (Wildman–Crippen MR) is 63.6 cm³/mol. The summed E-state index contributed by atoms with van der Waals surface area (Å²) in [6.45, 7) is 14.3. The van der Waals surface area contributed by atoms with E-state index in [0.29, 0.717) is 11.0 Å². The molecule has 1 fully saturated rings. The first-order chi connectivity index (χ1) is 6.37. The molecule has 0 unspecified atom stereocenters. The van der Waals surface area contributed by atoms with Gasteiger partial charge in [0.15, 0.2) is 0 Å². The molecule has 0 amide bonds. The van der Waals surface area contributed by atoms with Crippen molar-refractivity contribution in [3.8, 4) is 0 Å². The van der Waals surface area contributed by atoms with E-state index in [0.717, 1.165) is 0 Å². The quantitative estimate of drug-likeness (QED) is 0.621. The van der Waals surface area contributed by atoms with E-state index in [1.54, 1.807) is 0 Å². The Hall–Kier alpha value is -0.0400. The summed E-state index contributed by atoms with van der Waals surface area (Å²) in [6, 6.07) is 0. The van der Waals surface area contributed by atoms with Crippen molar-refractivity contribution in [1.82, 2.24) is 4.90 Å². The van der Waals surface area contributed by atoms with Gasteiger partial charge in [-0.2, -0.15) is 0 Å². The van der Waals surface area contributed by atoms with Gasteiger partial charge in [-0.05, 0) is 32.6 Å². The van der Waals surface area contributed by atoms with Crippen molar-refractivity contribution < 1.29 is 0 Å². The first-order valence-electron chi connectivity index (χ1n) is 6.12. The molecule has 0 atom stereocenters. The van der Waals surface area contributed by atoms with Crippen LogP contribution in [0.2, 0.25) is 0 Å². The molecular weight excluding hydrogens is 170 g/mol. The molecule has 1 aliphatic rings. The van der Waals surface area contributed by atoms with E-state index in [2.05, 4.69) is 39.5 Å². The molecule has 84 valence electrons. The van der Waals surface area contributed by atoms with Crippen LogP contribution in [0.15, 0.2) is 0 Å². The van der Waals surface area contributed by atoms with Crippen LogP contribution in [-0.2, 0) is 0 Å². The fourth-order valence-corrected chi connectivity index (χ4v) is 2.31. The van der Waals surface area contributed by atoms with Crippen molar-refractivity contribution in [2.24, 2.45) is 5.41 Å². The van der Waals surface area contributed by atoms with Crippen LogP contribution in [0.3, 0.4) is 0 Å². The van der Waals surface area contributed by atoms with Crippen molar-refractivity contribution >= 4 is 0 Å². The minimum Gasteiger partial charge on any atom is -0.297 e. The molecule has 1 aliphatic heterocycles. The summed E-state index contributed by atoms with van der Waals surface area (Å²) >= 11 is 0. The average Bonchev–Trinajstić information content (AvgIpc) is 1.98. The maximum atomic E-state index is 2.60. The Labute approximate surface area is 89.9 Å². The Balaban J connectivity index is 2.23. The van der Waals surface area contributed by atoms with Crippen molar-refractivity contribution in [3.63, 3.8) is 0 Å². The lowest BCUT2D eigenvalue weighted by Crippen LogP contribution is -2.61. The number of hydrogen-bond acceptors (Lipinski definition) is 1. The third-order valence-electron chi connectivity index (χ3n) is 3.48. The second kappa shape index (κ2) is 4.22. The zero-order valence-electron chi connectivity index (χ0n) is 10.7. The molecule has 1 heterocycles. The van der Waals surface area contributed by atoms with Gasteiger partial charge >= 0.3 is 0 Å². The summed E-state index contributed by atoms with van der Waals surface area (Å²) in [5, 5.41) is 0. The normalized spacial score (nSPS) is 22.1. The number of unbranched alkanes of at least 4 members (excludes halogenated alkanes) is 2. The minimum atomic E-state index is 0.379. The van der Waals surface area contributed by atoms with Gasteiger partial charge in [0.25, 0.3) is 0 Å². The first-order valence-corrected chi connectivity index (χ1v) is 6.12. The molecule has 0 N–H and O–H groups in total. The van der Waals surface area contributed by atoms with Gasteiger partial charge in [-0.1, -0.05) is 33.1 Å². The zero-order chi connectivity index (χ0) is 10.8. The Bertz CT molecular complexity index is 172. The highest BCUT2D eigenvalue weighted by Gasteiger charge is 2.42. The summed E-state index contributed by atoms with van der Waals surface area (Å²) in [5.74, 6) is 0. The standard InChI is InChI=1S/C13H27N/c1-6-7-8-9-13(5)10-14(11-13)12(2,3)4/h6-11H2,1-5H3. The Kier molecular flexibility index (Phi) is 3.63. The highest BCUT2D eigenvalue weighted by molar-refractivity contribution is 4.96. The molecule has 1 saturated heterocycles. The van der Waals surface area contributed by atoms with Crippen LogP contribution in [-0.4, -0.2) is 23.5 Å². The molecule has 1 rings (SSSR count). The maximum Gasteiger partial charge on any atom is 0.0125 e. The topological polar surface area (TPSA) is 3.24 Å². The summed E-state index contributed by atoms with van der Waals surface area (Å²) in [7, 11) is 0. The second-order valence-electron chi connectivity index (χ2n) is 6.29. The number of likely N-dealkylation sites (tertiary alicyclic amines) is 1. The van der Waals surface area contributed by atoms with E-state index in [1.165, 1.54) is 38.8 Å². The van der Waals surface area contributed by atoms with Crippen molar-refractivity contribution in [3.05, 3.63) is 0 Å². The molecule has 1 nitrogen and oxygen atoms in total. The van der Waals surface area contributed by atoms with E-state index in [9.17, 15) is 0 Å². The maximum absolute atomic E-state index is 2.60. The monoisotopic (exact) mass is 197 g/mol. The fraction of sp³-hybridized carbons (Fsp3) is 1.00. The lowest BCUT2D eigenvalue weighted by molar-refractivity contribution is -0.0535. The van der Waals surface area contributed by atoms with Crippen LogP contribution in [0.4, 0.5) is 0 Å². The van der Waals surface area contributed by atoms with E-state index >= 15 is 0 Å². The fourth-order valence-electron chi connectivity index (χ4n) is 2.31. The van der Waals surface area contributed by atoms with Gasteiger partial charge < -0.3 is 0 Å². The highest BCUT2D eigenvalue weighted by atomic mass is 15.3. The van der Waals surface area contributed by atoms with E-state index < -0.39 is 0 Å². The Morgan fingerprint density at radius 3 is 2.14 bits per heavy atom. The molecule has 0 bridgehead atoms. The molecule has 0 aromatic rings. The van der Waals surface area contributed by atoms with Crippen molar-refractivity contribution in [2.75, 3.05) is 13.1 Å². The summed E-state index contributed by atoms with van der Waals surface area (Å²) in [4.78, 5) is 2.60. The van der Waals surface area contributed by atoms with Crippen LogP contribution >= 0.6 is 0 Å². The van der Waals surface area contributed by atoms with Gasteiger partial charge in [0.2, 0.25) is 0 Å². The zero-order valence-corrected chi connectivity index (χ0v) is 10.7. The molecule has 0 spiro atoms. The van der Waals surface area contributed by atoms with Crippen molar-refractivity contribution in [1.29, 1.82) is 0 Å². The summed E-state index contributed by atoms with van der Waals surface area (Å²) in [6.07, 6.45) is 5.60. The van der Waals surface area contributed by atoms with Crippen LogP contribution in [0.5, 0.6) is 0 Å². The predicted octanol–water partition coefficient (Wildman–Crippen LogP) is 3.69. The van der Waals surface area contributed by atoms with Gasteiger partial charge in [0, 0.05) is 18.6 Å². The van der Waals surface area contributed by atoms with Crippen molar-refractivity contribution in [2.45, 2.75) is 65.8 Å². The molecular formula is C13H27N. The SMILES string of the molecule is CCCCCC1(C)CN(C(C)(C)C)C1. The van der Waals surface area contributed by atoms with E-state index in [4.69, 9.17) is 0 Å². The Morgan fingerprint density at radius 2 is 1.71 bits per heavy atom. The summed E-state index contributed by atoms with van der Waals surface area (Å²) < 4.78 is 0. The average molecular weight is 197 g/mol. The van der Waals surface area contributed by atoms with Gasteiger partial charge in [-0.3, -0.25) is 4.90 Å².